The second kappa shape index (κ2) is 7.34. The SMILES string of the molecule is CN1CC[CH]CC1C(=O)NCc1cccc(-c2ccc3[nH]ccc3c2)c1. The van der Waals surface area contributed by atoms with E-state index in [0.717, 1.165) is 30.5 Å². The molecule has 2 heterocycles. The van der Waals surface area contributed by atoms with E-state index >= 15 is 0 Å². The van der Waals surface area contributed by atoms with Gasteiger partial charge in [0.1, 0.15) is 0 Å². The Hall–Kier alpha value is -2.59. The van der Waals surface area contributed by atoms with E-state index in [1.807, 2.05) is 13.2 Å². The summed E-state index contributed by atoms with van der Waals surface area (Å²) in [5, 5.41) is 4.30. The van der Waals surface area contributed by atoms with Gasteiger partial charge >= 0.3 is 0 Å². The lowest BCUT2D eigenvalue weighted by molar-refractivity contribution is -0.126. The number of piperidine rings is 1. The predicted molar refractivity (Wildman–Crippen MR) is 106 cm³/mol. The second-order valence-electron chi connectivity index (χ2n) is 7.01. The number of likely N-dealkylation sites (tertiary alicyclic amines) is 1. The normalized spacial score (nSPS) is 18.1. The molecule has 1 unspecified atom stereocenters. The minimum absolute atomic E-state index is 0.0390. The summed E-state index contributed by atoms with van der Waals surface area (Å²) in [4.78, 5) is 17.8. The largest absolute Gasteiger partial charge is 0.361 e. The summed E-state index contributed by atoms with van der Waals surface area (Å²) in [5.74, 6) is 0.114. The zero-order valence-corrected chi connectivity index (χ0v) is 15.0. The third kappa shape index (κ3) is 3.51. The van der Waals surface area contributed by atoms with Crippen LogP contribution >= 0.6 is 0 Å². The molecule has 4 rings (SSSR count). The van der Waals surface area contributed by atoms with Crippen molar-refractivity contribution in [2.24, 2.45) is 0 Å². The number of amides is 1. The smallest absolute Gasteiger partial charge is 0.237 e. The molecule has 1 saturated heterocycles. The topological polar surface area (TPSA) is 48.1 Å². The Morgan fingerprint density at radius 3 is 2.96 bits per heavy atom. The minimum Gasteiger partial charge on any atom is -0.361 e. The third-order valence-electron chi connectivity index (χ3n) is 5.19. The van der Waals surface area contributed by atoms with E-state index in [2.05, 4.69) is 70.2 Å². The van der Waals surface area contributed by atoms with E-state index in [0.29, 0.717) is 6.54 Å². The molecular weight excluding hydrogens is 322 g/mol. The van der Waals surface area contributed by atoms with Gasteiger partial charge in [-0.3, -0.25) is 9.69 Å². The highest BCUT2D eigenvalue weighted by Gasteiger charge is 2.25. The van der Waals surface area contributed by atoms with Gasteiger partial charge in [0.2, 0.25) is 5.91 Å². The van der Waals surface area contributed by atoms with Crippen LogP contribution in [-0.2, 0) is 11.3 Å². The number of carbonyl (C=O) groups excluding carboxylic acids is 1. The summed E-state index contributed by atoms with van der Waals surface area (Å²) in [6.07, 6.45) is 6.06. The van der Waals surface area contributed by atoms with Crippen LogP contribution in [0.2, 0.25) is 0 Å². The van der Waals surface area contributed by atoms with Gasteiger partial charge < -0.3 is 10.3 Å². The van der Waals surface area contributed by atoms with Gasteiger partial charge in [-0.2, -0.15) is 0 Å². The standard InChI is InChI=1S/C22H24N3O/c1-25-12-3-2-7-21(25)22(26)24-15-16-5-4-6-17(13-16)18-8-9-20-19(14-18)10-11-23-20/h2,4-6,8-11,13-14,21,23H,3,7,12,15H2,1H3,(H,24,26). The molecule has 0 spiro atoms. The van der Waals surface area contributed by atoms with E-state index in [4.69, 9.17) is 0 Å². The number of rotatable bonds is 4. The molecule has 1 aliphatic heterocycles. The fraction of sp³-hybridized carbons (Fsp3) is 0.273. The number of fused-ring (bicyclic) bond motifs is 1. The molecule has 0 bridgehead atoms. The van der Waals surface area contributed by atoms with Crippen molar-refractivity contribution in [1.82, 2.24) is 15.2 Å². The van der Waals surface area contributed by atoms with Crippen LogP contribution in [0.15, 0.2) is 54.7 Å². The minimum atomic E-state index is -0.0390. The van der Waals surface area contributed by atoms with E-state index < -0.39 is 0 Å². The summed E-state index contributed by atoms with van der Waals surface area (Å²) in [6, 6.07) is 16.9. The monoisotopic (exact) mass is 346 g/mol. The van der Waals surface area contributed by atoms with Gasteiger partial charge in [0.15, 0.2) is 0 Å². The van der Waals surface area contributed by atoms with Gasteiger partial charge in [0.25, 0.3) is 0 Å². The second-order valence-corrected chi connectivity index (χ2v) is 7.01. The lowest BCUT2D eigenvalue weighted by Crippen LogP contribution is -2.47. The summed E-state index contributed by atoms with van der Waals surface area (Å²) in [6.45, 7) is 1.51. The van der Waals surface area contributed by atoms with Crippen LogP contribution in [0.4, 0.5) is 0 Å². The van der Waals surface area contributed by atoms with Gasteiger partial charge in [-0.1, -0.05) is 24.3 Å². The number of aromatic nitrogens is 1. The van der Waals surface area contributed by atoms with Gasteiger partial charge in [0.05, 0.1) is 6.04 Å². The van der Waals surface area contributed by atoms with Gasteiger partial charge in [0, 0.05) is 18.3 Å². The number of nitrogens with one attached hydrogen (secondary N) is 2. The number of carbonyl (C=O) groups is 1. The molecule has 1 atom stereocenters. The molecule has 4 nitrogen and oxygen atoms in total. The van der Waals surface area contributed by atoms with E-state index in [1.165, 1.54) is 16.5 Å². The average Bonchev–Trinajstić information content (AvgIpc) is 3.14. The molecule has 1 radical (unpaired) electrons. The number of H-pyrrole nitrogens is 1. The van der Waals surface area contributed by atoms with Crippen molar-refractivity contribution in [3.8, 4) is 11.1 Å². The maximum absolute atomic E-state index is 12.5. The van der Waals surface area contributed by atoms with Gasteiger partial charge in [-0.25, -0.2) is 0 Å². The molecule has 1 fully saturated rings. The van der Waals surface area contributed by atoms with Crippen LogP contribution in [0.1, 0.15) is 18.4 Å². The van der Waals surface area contributed by atoms with Crippen molar-refractivity contribution < 1.29 is 4.79 Å². The highest BCUT2D eigenvalue weighted by Crippen LogP contribution is 2.24. The van der Waals surface area contributed by atoms with Crippen LogP contribution in [0.25, 0.3) is 22.0 Å². The molecule has 2 aromatic carbocycles. The Morgan fingerprint density at radius 1 is 1.19 bits per heavy atom. The summed E-state index contributed by atoms with van der Waals surface area (Å²) in [7, 11) is 2.02. The first-order valence-electron chi connectivity index (χ1n) is 9.17. The number of aromatic amines is 1. The predicted octanol–water partition coefficient (Wildman–Crippen LogP) is 3.75. The molecule has 0 aliphatic carbocycles. The number of nitrogens with zero attached hydrogens (tertiary/aromatic N) is 1. The molecule has 0 saturated carbocycles. The first-order valence-corrected chi connectivity index (χ1v) is 9.17. The molecular formula is C22H24N3O. The Labute approximate surface area is 154 Å². The van der Waals surface area contributed by atoms with Crippen LogP contribution in [0.5, 0.6) is 0 Å². The van der Waals surface area contributed by atoms with Crippen molar-refractivity contribution in [2.75, 3.05) is 13.6 Å². The summed E-state index contributed by atoms with van der Waals surface area (Å²) < 4.78 is 0. The molecule has 3 aromatic rings. The zero-order valence-electron chi connectivity index (χ0n) is 15.0. The molecule has 1 aromatic heterocycles. The average molecular weight is 346 g/mol. The fourth-order valence-corrected chi connectivity index (χ4v) is 3.61. The van der Waals surface area contributed by atoms with Crippen molar-refractivity contribution in [2.45, 2.75) is 25.4 Å². The fourth-order valence-electron chi connectivity index (χ4n) is 3.61. The summed E-state index contributed by atoms with van der Waals surface area (Å²) in [5.41, 5.74) is 4.62. The van der Waals surface area contributed by atoms with Crippen molar-refractivity contribution in [3.05, 3.63) is 66.7 Å². The summed E-state index contributed by atoms with van der Waals surface area (Å²) >= 11 is 0. The van der Waals surface area contributed by atoms with E-state index in [-0.39, 0.29) is 11.9 Å². The van der Waals surface area contributed by atoms with Crippen LogP contribution in [0, 0.1) is 6.42 Å². The number of benzene rings is 2. The maximum Gasteiger partial charge on any atom is 0.237 e. The quantitative estimate of drug-likeness (QED) is 0.756. The van der Waals surface area contributed by atoms with E-state index in [1.54, 1.807) is 0 Å². The maximum atomic E-state index is 12.5. The Bertz CT molecular complexity index is 914. The Morgan fingerprint density at radius 2 is 2.08 bits per heavy atom. The van der Waals surface area contributed by atoms with Crippen molar-refractivity contribution in [3.63, 3.8) is 0 Å². The zero-order chi connectivity index (χ0) is 17.9. The highest BCUT2D eigenvalue weighted by atomic mass is 16.2. The lowest BCUT2D eigenvalue weighted by atomic mass is 10.0. The lowest BCUT2D eigenvalue weighted by Gasteiger charge is -2.31. The number of hydrogen-bond donors (Lipinski definition) is 2. The molecule has 1 amide bonds. The van der Waals surface area contributed by atoms with Crippen LogP contribution in [-0.4, -0.2) is 35.4 Å². The van der Waals surface area contributed by atoms with Gasteiger partial charge in [-0.05, 0) is 79.2 Å². The van der Waals surface area contributed by atoms with Crippen LogP contribution in [0.3, 0.4) is 0 Å². The Kier molecular flexibility index (Phi) is 4.76. The molecule has 1 aliphatic rings. The Balaban J connectivity index is 1.46. The number of likely N-dealkylation sites (N-methyl/N-ethyl adjacent to an activating group) is 1. The van der Waals surface area contributed by atoms with Crippen LogP contribution < -0.4 is 5.32 Å². The van der Waals surface area contributed by atoms with Gasteiger partial charge in [-0.15, -0.1) is 0 Å². The molecule has 4 heteroatoms. The first-order chi connectivity index (χ1) is 12.7. The first kappa shape index (κ1) is 16.9. The highest BCUT2D eigenvalue weighted by molar-refractivity contribution is 5.85. The molecule has 133 valence electrons. The third-order valence-corrected chi connectivity index (χ3v) is 5.19. The van der Waals surface area contributed by atoms with E-state index in [9.17, 15) is 4.79 Å². The number of hydrogen-bond acceptors (Lipinski definition) is 2. The molecule has 26 heavy (non-hydrogen) atoms. The van der Waals surface area contributed by atoms with Crippen molar-refractivity contribution >= 4 is 16.8 Å². The van der Waals surface area contributed by atoms with Crippen molar-refractivity contribution in [1.29, 1.82) is 0 Å². The molecule has 2 N–H and O–H groups in total.